The Balaban J connectivity index is 2.37. The lowest BCUT2D eigenvalue weighted by Crippen LogP contribution is -2.41. The van der Waals surface area contributed by atoms with E-state index in [1.165, 1.54) is 36.3 Å². The third kappa shape index (κ3) is 2.28. The number of pyridine rings is 1. The predicted molar refractivity (Wildman–Crippen MR) is 62.0 cm³/mol. The highest BCUT2D eigenvalue weighted by atomic mass is 32.2. The van der Waals surface area contributed by atoms with E-state index in [2.05, 4.69) is 4.98 Å². The van der Waals surface area contributed by atoms with Gasteiger partial charge in [0.1, 0.15) is 10.9 Å². The topological polar surface area (TPSA) is 87.6 Å². The van der Waals surface area contributed by atoms with E-state index in [-0.39, 0.29) is 16.5 Å². The van der Waals surface area contributed by atoms with Crippen molar-refractivity contribution in [2.45, 2.75) is 10.9 Å². The third-order valence-electron chi connectivity index (χ3n) is 2.37. The molecule has 2 rings (SSSR count). The van der Waals surface area contributed by atoms with Crippen molar-refractivity contribution in [1.82, 2.24) is 9.29 Å². The minimum absolute atomic E-state index is 0.0220. The number of carboxylic acid groups (broad SMARTS) is 1. The molecular weight excluding hydrogens is 264 g/mol. The highest BCUT2D eigenvalue weighted by Crippen LogP contribution is 2.27. The van der Waals surface area contributed by atoms with Gasteiger partial charge in [-0.15, -0.1) is 11.8 Å². The summed E-state index contributed by atoms with van der Waals surface area (Å²) in [5, 5.41) is 8.96. The first-order valence-electron chi connectivity index (χ1n) is 4.76. The predicted octanol–water partition coefficient (Wildman–Crippen LogP) is 0.230. The molecule has 0 saturated carbocycles. The molecule has 1 aliphatic rings. The van der Waals surface area contributed by atoms with Gasteiger partial charge in [-0.05, 0) is 12.1 Å². The normalized spacial score (nSPS) is 21.5. The maximum absolute atomic E-state index is 12.2. The van der Waals surface area contributed by atoms with Gasteiger partial charge in [-0.2, -0.15) is 4.31 Å². The van der Waals surface area contributed by atoms with Gasteiger partial charge in [-0.3, -0.25) is 9.78 Å². The molecule has 1 fully saturated rings. The SMILES string of the molecule is O=C(O)[C@@H]1CSCN1S(=O)(=O)c1cccnc1. The van der Waals surface area contributed by atoms with Crippen molar-refractivity contribution in [3.63, 3.8) is 0 Å². The number of carbonyl (C=O) groups is 1. The van der Waals surface area contributed by atoms with E-state index in [0.29, 0.717) is 0 Å². The Labute approximate surface area is 103 Å². The first-order chi connectivity index (χ1) is 8.03. The number of rotatable bonds is 3. The van der Waals surface area contributed by atoms with Gasteiger partial charge in [0.25, 0.3) is 0 Å². The zero-order valence-corrected chi connectivity index (χ0v) is 10.3. The summed E-state index contributed by atoms with van der Waals surface area (Å²) < 4.78 is 25.3. The molecule has 1 aromatic rings. The fourth-order valence-electron chi connectivity index (χ4n) is 1.49. The number of thioether (sulfide) groups is 1. The highest BCUT2D eigenvalue weighted by molar-refractivity contribution is 8.00. The number of aliphatic carboxylic acids is 1. The Morgan fingerprint density at radius 1 is 1.59 bits per heavy atom. The number of hydrogen-bond acceptors (Lipinski definition) is 5. The standard InChI is InChI=1S/C9H10N2O4S2/c12-9(13)8-5-16-6-11(8)17(14,15)7-2-1-3-10-4-7/h1-4,8H,5-6H2,(H,12,13)/t8-/m0/s1. The van der Waals surface area contributed by atoms with Crippen molar-refractivity contribution < 1.29 is 18.3 Å². The Kier molecular flexibility index (Phi) is 3.36. The van der Waals surface area contributed by atoms with E-state index in [4.69, 9.17) is 5.11 Å². The van der Waals surface area contributed by atoms with Crippen LogP contribution in [-0.2, 0) is 14.8 Å². The van der Waals surface area contributed by atoms with Crippen LogP contribution in [-0.4, -0.2) is 46.5 Å². The maximum Gasteiger partial charge on any atom is 0.322 e. The lowest BCUT2D eigenvalue weighted by Gasteiger charge is -2.19. The quantitative estimate of drug-likeness (QED) is 0.849. The Morgan fingerprint density at radius 2 is 2.35 bits per heavy atom. The highest BCUT2D eigenvalue weighted by Gasteiger charge is 2.40. The molecule has 1 saturated heterocycles. The van der Waals surface area contributed by atoms with Gasteiger partial charge < -0.3 is 5.11 Å². The van der Waals surface area contributed by atoms with Crippen LogP contribution in [0.3, 0.4) is 0 Å². The molecule has 0 aromatic carbocycles. The van der Waals surface area contributed by atoms with Crippen LogP contribution in [0.5, 0.6) is 0 Å². The van der Waals surface area contributed by atoms with Crippen molar-refractivity contribution in [3.05, 3.63) is 24.5 Å². The maximum atomic E-state index is 12.2. The second kappa shape index (κ2) is 4.63. The van der Waals surface area contributed by atoms with Crippen molar-refractivity contribution in [2.24, 2.45) is 0 Å². The minimum Gasteiger partial charge on any atom is -0.480 e. The van der Waals surface area contributed by atoms with Crippen LogP contribution in [0.1, 0.15) is 0 Å². The van der Waals surface area contributed by atoms with Gasteiger partial charge >= 0.3 is 5.97 Å². The average Bonchev–Trinajstić information content (AvgIpc) is 2.80. The summed E-state index contributed by atoms with van der Waals surface area (Å²) in [7, 11) is -3.76. The molecule has 1 atom stereocenters. The summed E-state index contributed by atoms with van der Waals surface area (Å²) in [6.45, 7) is 0. The van der Waals surface area contributed by atoms with E-state index in [9.17, 15) is 13.2 Å². The van der Waals surface area contributed by atoms with E-state index in [1.807, 2.05) is 0 Å². The summed E-state index contributed by atoms with van der Waals surface area (Å²) in [6.07, 6.45) is 2.68. The van der Waals surface area contributed by atoms with Crippen molar-refractivity contribution in [1.29, 1.82) is 0 Å². The fourth-order valence-corrected chi connectivity index (χ4v) is 4.59. The van der Waals surface area contributed by atoms with E-state index < -0.39 is 22.0 Å². The van der Waals surface area contributed by atoms with Gasteiger partial charge in [0.15, 0.2) is 0 Å². The molecule has 0 unspecified atom stereocenters. The van der Waals surface area contributed by atoms with Crippen LogP contribution in [0.25, 0.3) is 0 Å². The number of hydrogen-bond donors (Lipinski definition) is 1. The van der Waals surface area contributed by atoms with Crippen molar-refractivity contribution in [3.8, 4) is 0 Å². The molecular formula is C9H10N2O4S2. The Hall–Kier alpha value is -1.12. The number of sulfonamides is 1. The zero-order chi connectivity index (χ0) is 12.5. The lowest BCUT2D eigenvalue weighted by atomic mass is 10.4. The molecule has 0 aliphatic carbocycles. The molecule has 1 aliphatic heterocycles. The number of aromatic nitrogens is 1. The largest absolute Gasteiger partial charge is 0.480 e. The second-order valence-corrected chi connectivity index (χ2v) is 6.33. The van der Waals surface area contributed by atoms with Gasteiger partial charge in [0.05, 0.1) is 5.88 Å². The molecule has 0 radical (unpaired) electrons. The van der Waals surface area contributed by atoms with E-state index in [0.717, 1.165) is 4.31 Å². The van der Waals surface area contributed by atoms with Crippen LogP contribution in [0.15, 0.2) is 29.4 Å². The van der Waals surface area contributed by atoms with Gasteiger partial charge in [-0.25, -0.2) is 8.42 Å². The summed E-state index contributed by atoms with van der Waals surface area (Å²) in [5.41, 5.74) is 0. The minimum atomic E-state index is -3.76. The van der Waals surface area contributed by atoms with Crippen LogP contribution in [0, 0.1) is 0 Å². The van der Waals surface area contributed by atoms with Crippen LogP contribution < -0.4 is 0 Å². The molecule has 8 heteroatoms. The van der Waals surface area contributed by atoms with Crippen molar-refractivity contribution >= 4 is 27.8 Å². The lowest BCUT2D eigenvalue weighted by molar-refractivity contribution is -0.140. The average molecular weight is 274 g/mol. The van der Waals surface area contributed by atoms with Crippen LogP contribution in [0.4, 0.5) is 0 Å². The molecule has 0 spiro atoms. The third-order valence-corrected chi connectivity index (χ3v) is 5.38. The Morgan fingerprint density at radius 3 is 2.94 bits per heavy atom. The summed E-state index contributed by atoms with van der Waals surface area (Å²) >= 11 is 1.29. The molecule has 17 heavy (non-hydrogen) atoms. The molecule has 2 heterocycles. The first kappa shape index (κ1) is 12.3. The second-order valence-electron chi connectivity index (χ2n) is 3.43. The van der Waals surface area contributed by atoms with E-state index in [1.54, 1.807) is 0 Å². The summed E-state index contributed by atoms with van der Waals surface area (Å²) in [4.78, 5) is 14.7. The monoisotopic (exact) mass is 274 g/mol. The van der Waals surface area contributed by atoms with Crippen LogP contribution >= 0.6 is 11.8 Å². The first-order valence-corrected chi connectivity index (χ1v) is 7.35. The molecule has 1 N–H and O–H groups in total. The summed E-state index contributed by atoms with van der Waals surface area (Å²) in [6, 6.07) is 1.92. The number of nitrogens with zero attached hydrogens (tertiary/aromatic N) is 2. The Bertz CT molecular complexity index is 517. The number of carboxylic acids is 1. The molecule has 1 aromatic heterocycles. The van der Waals surface area contributed by atoms with Gasteiger partial charge in [0, 0.05) is 18.1 Å². The van der Waals surface area contributed by atoms with E-state index >= 15 is 0 Å². The zero-order valence-electron chi connectivity index (χ0n) is 8.68. The fraction of sp³-hybridized carbons (Fsp3) is 0.333. The van der Waals surface area contributed by atoms with Gasteiger partial charge in [-0.1, -0.05) is 0 Å². The smallest absolute Gasteiger partial charge is 0.322 e. The van der Waals surface area contributed by atoms with Crippen LogP contribution in [0.2, 0.25) is 0 Å². The molecule has 0 bridgehead atoms. The summed E-state index contributed by atoms with van der Waals surface area (Å²) in [5.74, 6) is -0.689. The molecule has 0 amide bonds. The van der Waals surface area contributed by atoms with Gasteiger partial charge in [0.2, 0.25) is 10.0 Å². The molecule has 92 valence electrons. The van der Waals surface area contributed by atoms with Crippen molar-refractivity contribution in [2.75, 3.05) is 11.6 Å². The molecule has 6 nitrogen and oxygen atoms in total.